The maximum atomic E-state index is 10.9. The molecule has 0 aromatic carbocycles. The van der Waals surface area contributed by atoms with Gasteiger partial charge in [0.05, 0.1) is 6.61 Å². The highest BCUT2D eigenvalue weighted by atomic mass is 32.2. The molecule has 0 radical (unpaired) electrons. The molecule has 26 heavy (non-hydrogen) atoms. The minimum absolute atomic E-state index is 0.141. The van der Waals surface area contributed by atoms with Gasteiger partial charge in [-0.15, -0.1) is 0 Å². The van der Waals surface area contributed by atoms with Gasteiger partial charge in [0.15, 0.2) is 16.6 Å². The number of rotatable bonds is 5. The number of aliphatic hydroxyl groups is 3. The number of carboxylic acids is 1. The van der Waals surface area contributed by atoms with E-state index >= 15 is 0 Å². The Kier molecular flexibility index (Phi) is 5.22. The van der Waals surface area contributed by atoms with Crippen molar-refractivity contribution in [1.82, 2.24) is 4.72 Å². The molecule has 13 nitrogen and oxygen atoms in total. The number of ether oxygens (including phenoxy) is 4. The summed E-state index contributed by atoms with van der Waals surface area (Å²) in [6, 6.07) is -1.51. The average Bonchev–Trinajstić information content (AvgIpc) is 2.97. The minimum atomic E-state index is -4.97. The normalized spacial score (nSPS) is 42.8. The van der Waals surface area contributed by atoms with Gasteiger partial charge in [-0.25, -0.2) is 13.1 Å². The molecule has 2 saturated heterocycles. The summed E-state index contributed by atoms with van der Waals surface area (Å²) in [4.78, 5) is 10.9. The summed E-state index contributed by atoms with van der Waals surface area (Å²) in [6.45, 7) is -0.141. The van der Waals surface area contributed by atoms with E-state index in [0.29, 0.717) is 6.08 Å². The van der Waals surface area contributed by atoms with Crippen molar-refractivity contribution in [3.05, 3.63) is 11.8 Å². The molecule has 1 unspecified atom stereocenters. The number of aliphatic carboxylic acids is 1. The predicted molar refractivity (Wildman–Crippen MR) is 72.1 cm³/mol. The monoisotopic (exact) mass is 397 g/mol. The Morgan fingerprint density at radius 3 is 2.62 bits per heavy atom. The van der Waals surface area contributed by atoms with Crippen LogP contribution in [0.4, 0.5) is 0 Å². The molecule has 3 rings (SSSR count). The highest BCUT2D eigenvalue weighted by molar-refractivity contribution is 7.83. The second-order valence-corrected chi connectivity index (χ2v) is 7.00. The van der Waals surface area contributed by atoms with Crippen molar-refractivity contribution < 1.29 is 57.1 Å². The van der Waals surface area contributed by atoms with Crippen molar-refractivity contribution >= 4 is 16.3 Å². The Bertz CT molecular complexity index is 694. The summed E-state index contributed by atoms with van der Waals surface area (Å²) in [5.41, 5.74) is 0. The first-order valence-electron chi connectivity index (χ1n) is 7.36. The molecule has 0 saturated carbocycles. The number of fused-ring (bicyclic) bond motifs is 2. The largest absolute Gasteiger partial charge is 0.735 e. The highest BCUT2D eigenvalue weighted by Gasteiger charge is 2.53. The molecule has 0 aromatic rings. The molecule has 2 bridgehead atoms. The summed E-state index contributed by atoms with van der Waals surface area (Å²) in [5, 5.41) is 40.8. The molecule has 3 aliphatic rings. The molecule has 3 aliphatic heterocycles. The molecular weight excluding hydrogens is 382 g/mol. The smallest absolute Gasteiger partial charge is 0.229 e. The Morgan fingerprint density at radius 1 is 1.31 bits per heavy atom. The molecule has 0 aliphatic carbocycles. The van der Waals surface area contributed by atoms with Gasteiger partial charge in [0.1, 0.15) is 48.3 Å². The van der Waals surface area contributed by atoms with Crippen LogP contribution in [0.1, 0.15) is 0 Å². The van der Waals surface area contributed by atoms with E-state index in [-0.39, 0.29) is 6.61 Å². The van der Waals surface area contributed by atoms with Gasteiger partial charge in [-0.05, 0) is 6.08 Å². The molecule has 8 atom stereocenters. The lowest BCUT2D eigenvalue weighted by Gasteiger charge is -2.41. The number of hydrogen-bond donors (Lipinski definition) is 4. The van der Waals surface area contributed by atoms with Crippen molar-refractivity contribution in [2.75, 3.05) is 6.61 Å². The summed E-state index contributed by atoms with van der Waals surface area (Å²) in [7, 11) is -4.97. The highest BCUT2D eigenvalue weighted by Crippen LogP contribution is 2.32. The fraction of sp³-hybridized carbons (Fsp3) is 0.750. The zero-order valence-electron chi connectivity index (χ0n) is 12.8. The molecule has 0 amide bonds. The van der Waals surface area contributed by atoms with Crippen LogP contribution in [0.3, 0.4) is 0 Å². The Hall–Kier alpha value is -1.36. The number of carbonyl (C=O) groups is 1. The zero-order valence-corrected chi connectivity index (χ0v) is 13.6. The van der Waals surface area contributed by atoms with E-state index in [4.69, 9.17) is 18.9 Å². The van der Waals surface area contributed by atoms with E-state index < -0.39 is 71.2 Å². The number of aliphatic hydroxyl groups excluding tert-OH is 3. The number of nitrogens with one attached hydrogen (secondary N) is 1. The first kappa shape index (κ1) is 19.4. The number of carbonyl (C=O) groups excluding carboxylic acids is 1. The van der Waals surface area contributed by atoms with Gasteiger partial charge in [-0.2, -0.15) is 0 Å². The third-order valence-electron chi connectivity index (χ3n) is 4.06. The summed E-state index contributed by atoms with van der Waals surface area (Å²) < 4.78 is 55.0. The Balaban J connectivity index is 1.78. The fourth-order valence-electron chi connectivity index (χ4n) is 2.87. The minimum Gasteiger partial charge on any atom is -0.735 e. The quantitative estimate of drug-likeness (QED) is 0.321. The van der Waals surface area contributed by atoms with E-state index in [1.807, 2.05) is 0 Å². The third kappa shape index (κ3) is 3.83. The van der Waals surface area contributed by atoms with E-state index in [1.54, 1.807) is 4.72 Å². The van der Waals surface area contributed by atoms with Crippen LogP contribution < -0.4 is 9.83 Å². The van der Waals surface area contributed by atoms with Crippen LogP contribution in [-0.4, -0.2) is 90.0 Å². The lowest BCUT2D eigenvalue weighted by atomic mass is 9.99. The van der Waals surface area contributed by atoms with Crippen LogP contribution in [0.15, 0.2) is 11.8 Å². The maximum absolute atomic E-state index is 10.9. The van der Waals surface area contributed by atoms with E-state index in [0.717, 1.165) is 0 Å². The summed E-state index contributed by atoms with van der Waals surface area (Å²) in [5.74, 6) is -2.57. The van der Waals surface area contributed by atoms with Gasteiger partial charge in [0.25, 0.3) is 0 Å². The van der Waals surface area contributed by atoms with Crippen molar-refractivity contribution in [2.45, 2.75) is 49.1 Å². The Morgan fingerprint density at radius 2 is 2.00 bits per heavy atom. The van der Waals surface area contributed by atoms with Crippen LogP contribution in [0, 0.1) is 0 Å². The predicted octanol–water partition coefficient (Wildman–Crippen LogP) is -5.38. The van der Waals surface area contributed by atoms with Crippen LogP contribution in [0.5, 0.6) is 0 Å². The number of carboxylic acid groups (broad SMARTS) is 1. The van der Waals surface area contributed by atoms with Gasteiger partial charge < -0.3 is 48.7 Å². The fourth-order valence-corrected chi connectivity index (χ4v) is 3.46. The van der Waals surface area contributed by atoms with Crippen LogP contribution in [0.25, 0.3) is 0 Å². The van der Waals surface area contributed by atoms with Gasteiger partial charge in [0.2, 0.25) is 6.29 Å². The first-order chi connectivity index (χ1) is 12.1. The van der Waals surface area contributed by atoms with E-state index in [1.165, 1.54) is 0 Å². The van der Waals surface area contributed by atoms with Gasteiger partial charge in [0, 0.05) is 0 Å². The summed E-state index contributed by atoms with van der Waals surface area (Å²) in [6.07, 6.45) is -9.61. The van der Waals surface area contributed by atoms with Gasteiger partial charge >= 0.3 is 0 Å². The van der Waals surface area contributed by atoms with Crippen LogP contribution >= 0.6 is 0 Å². The molecule has 2 fully saturated rings. The van der Waals surface area contributed by atoms with Crippen molar-refractivity contribution in [1.29, 1.82) is 0 Å². The average molecular weight is 397 g/mol. The SMILES string of the molecule is O=C([O-])C1=C[C@H](O)[C@@H](O)[C@H](OC2[C@H]3CO[C@H](O3)[C@H](NS(=O)(=O)[O-])[C@H]2O)O1. The molecule has 0 aromatic heterocycles. The van der Waals surface area contributed by atoms with Crippen molar-refractivity contribution in [2.24, 2.45) is 0 Å². The Labute approximate surface area is 146 Å². The molecular formula is C12H15NO12S-2. The number of hydrogen-bond acceptors (Lipinski definition) is 12. The zero-order chi connectivity index (χ0) is 19.2. The molecule has 4 N–H and O–H groups in total. The van der Waals surface area contributed by atoms with Crippen molar-refractivity contribution in [3.63, 3.8) is 0 Å². The molecule has 148 valence electrons. The summed E-state index contributed by atoms with van der Waals surface area (Å²) >= 11 is 0. The topological polar surface area (TPSA) is 207 Å². The second-order valence-electron chi connectivity index (χ2n) is 5.85. The van der Waals surface area contributed by atoms with E-state index in [2.05, 4.69) is 0 Å². The molecule has 3 heterocycles. The van der Waals surface area contributed by atoms with Crippen LogP contribution in [0.2, 0.25) is 0 Å². The van der Waals surface area contributed by atoms with Gasteiger partial charge in [-0.1, -0.05) is 0 Å². The van der Waals surface area contributed by atoms with Crippen molar-refractivity contribution in [3.8, 4) is 0 Å². The third-order valence-corrected chi connectivity index (χ3v) is 4.63. The molecule has 14 heteroatoms. The van der Waals surface area contributed by atoms with Crippen LogP contribution in [-0.2, 0) is 34.0 Å². The molecule has 0 spiro atoms. The first-order valence-corrected chi connectivity index (χ1v) is 8.77. The van der Waals surface area contributed by atoms with E-state index in [9.17, 15) is 38.2 Å². The lowest BCUT2D eigenvalue weighted by Crippen LogP contribution is -2.62. The second kappa shape index (κ2) is 6.99. The van der Waals surface area contributed by atoms with Gasteiger partial charge in [-0.3, -0.25) is 0 Å². The maximum Gasteiger partial charge on any atom is 0.229 e. The standard InChI is InChI=1S/C12H17NO12S/c14-3-1-4(10(17)18)23-12(7(3)15)25-9-5-2-22-11(24-5)6(8(9)16)13-26(19,20)21/h1,3,5-9,11-16H,2H2,(H,17,18)(H,19,20,21)/p-2/t3-,5+,6+,7+,8+,9?,11+,12-/m0/s1. The lowest BCUT2D eigenvalue weighted by molar-refractivity contribution is -0.314.